The lowest BCUT2D eigenvalue weighted by molar-refractivity contribution is 0.0691. The maximum absolute atomic E-state index is 13.6. The first-order chi connectivity index (χ1) is 10.7. The highest BCUT2D eigenvalue weighted by atomic mass is 32.2. The monoisotopic (exact) mass is 338 g/mol. The van der Waals surface area contributed by atoms with Crippen molar-refractivity contribution in [3.63, 3.8) is 0 Å². The molecule has 0 heterocycles. The number of primary amides is 1. The standard InChI is InChI=1S/C14H11FN2O5S/c15-11-7-8(5-6-9(11)14(19)20)23(21,22)17-12-4-2-1-3-10(12)13(16)18/h1-7,17H,(H2,16,18)(H,19,20). The summed E-state index contributed by atoms with van der Waals surface area (Å²) in [6.45, 7) is 0. The molecule has 0 aromatic heterocycles. The van der Waals surface area contributed by atoms with E-state index in [2.05, 4.69) is 4.72 Å². The minimum atomic E-state index is -4.23. The van der Waals surface area contributed by atoms with Crippen LogP contribution in [-0.2, 0) is 10.0 Å². The number of carbonyl (C=O) groups is 2. The smallest absolute Gasteiger partial charge is 0.338 e. The van der Waals surface area contributed by atoms with Crippen LogP contribution in [0.5, 0.6) is 0 Å². The second-order valence-corrected chi connectivity index (χ2v) is 6.14. The Hall–Kier alpha value is -2.94. The van der Waals surface area contributed by atoms with Crippen LogP contribution in [0.1, 0.15) is 20.7 Å². The molecule has 0 saturated heterocycles. The van der Waals surface area contributed by atoms with Crippen LogP contribution < -0.4 is 10.5 Å². The number of aromatic carboxylic acids is 1. The van der Waals surface area contributed by atoms with E-state index in [0.29, 0.717) is 6.07 Å². The van der Waals surface area contributed by atoms with Gasteiger partial charge in [0, 0.05) is 0 Å². The number of carboxylic acid groups (broad SMARTS) is 1. The molecule has 4 N–H and O–H groups in total. The molecule has 0 aliphatic rings. The zero-order valence-electron chi connectivity index (χ0n) is 11.5. The van der Waals surface area contributed by atoms with E-state index in [1.54, 1.807) is 0 Å². The molecule has 7 nitrogen and oxygen atoms in total. The average Bonchev–Trinajstić information content (AvgIpc) is 2.46. The van der Waals surface area contributed by atoms with Crippen LogP contribution >= 0.6 is 0 Å². The fourth-order valence-electron chi connectivity index (χ4n) is 1.83. The van der Waals surface area contributed by atoms with Crippen molar-refractivity contribution >= 4 is 27.6 Å². The fraction of sp³-hybridized carbons (Fsp3) is 0. The Labute approximate surface area is 130 Å². The van der Waals surface area contributed by atoms with Gasteiger partial charge < -0.3 is 10.8 Å². The summed E-state index contributed by atoms with van der Waals surface area (Å²) in [5, 5.41) is 8.74. The van der Waals surface area contributed by atoms with Crippen molar-refractivity contribution in [2.75, 3.05) is 4.72 Å². The molecule has 2 aromatic carbocycles. The largest absolute Gasteiger partial charge is 0.478 e. The summed E-state index contributed by atoms with van der Waals surface area (Å²) in [5.74, 6) is -3.54. The molecule has 0 spiro atoms. The maximum atomic E-state index is 13.6. The summed E-state index contributed by atoms with van der Waals surface area (Å²) >= 11 is 0. The quantitative estimate of drug-likeness (QED) is 0.760. The van der Waals surface area contributed by atoms with Gasteiger partial charge in [0.2, 0.25) is 0 Å². The van der Waals surface area contributed by atoms with Gasteiger partial charge in [-0.2, -0.15) is 0 Å². The molecule has 0 fully saturated rings. The first-order valence-corrected chi connectivity index (χ1v) is 7.65. The number of hydrogen-bond acceptors (Lipinski definition) is 4. The number of carbonyl (C=O) groups excluding carboxylic acids is 1. The van der Waals surface area contributed by atoms with E-state index in [9.17, 15) is 22.4 Å². The van der Waals surface area contributed by atoms with Crippen molar-refractivity contribution in [1.29, 1.82) is 0 Å². The van der Waals surface area contributed by atoms with E-state index in [1.807, 2.05) is 0 Å². The van der Waals surface area contributed by atoms with Gasteiger partial charge in [-0.1, -0.05) is 12.1 Å². The van der Waals surface area contributed by atoms with E-state index in [0.717, 1.165) is 12.1 Å². The second-order valence-electron chi connectivity index (χ2n) is 4.46. The van der Waals surface area contributed by atoms with Gasteiger partial charge in [-0.25, -0.2) is 17.6 Å². The van der Waals surface area contributed by atoms with Gasteiger partial charge in [-0.3, -0.25) is 9.52 Å². The van der Waals surface area contributed by atoms with Crippen LogP contribution in [0.25, 0.3) is 0 Å². The van der Waals surface area contributed by atoms with E-state index < -0.39 is 38.2 Å². The van der Waals surface area contributed by atoms with Gasteiger partial charge in [0.15, 0.2) is 0 Å². The Kier molecular flexibility index (Phi) is 4.32. The number of nitrogens with two attached hydrogens (primary N) is 1. The van der Waals surface area contributed by atoms with Crippen LogP contribution in [0.15, 0.2) is 47.4 Å². The molecule has 23 heavy (non-hydrogen) atoms. The predicted octanol–water partition coefficient (Wildman–Crippen LogP) is 1.42. The van der Waals surface area contributed by atoms with Crippen LogP contribution in [0.4, 0.5) is 10.1 Å². The summed E-state index contributed by atoms with van der Waals surface area (Å²) in [6, 6.07) is 8.00. The third kappa shape index (κ3) is 3.46. The highest BCUT2D eigenvalue weighted by Crippen LogP contribution is 2.21. The molecule has 0 bridgehead atoms. The molecule has 2 aromatic rings. The Balaban J connectivity index is 2.42. The number of amides is 1. The summed E-state index contributed by atoms with van der Waals surface area (Å²) in [7, 11) is -4.23. The van der Waals surface area contributed by atoms with Crippen molar-refractivity contribution in [3.05, 3.63) is 59.4 Å². The maximum Gasteiger partial charge on any atom is 0.338 e. The number of hydrogen-bond donors (Lipinski definition) is 3. The lowest BCUT2D eigenvalue weighted by Crippen LogP contribution is -2.19. The molecule has 9 heteroatoms. The SMILES string of the molecule is NC(=O)c1ccccc1NS(=O)(=O)c1ccc(C(=O)O)c(F)c1. The molecular formula is C14H11FN2O5S. The Morgan fingerprint density at radius 2 is 1.74 bits per heavy atom. The van der Waals surface area contributed by atoms with E-state index in [1.165, 1.54) is 24.3 Å². The zero-order valence-corrected chi connectivity index (χ0v) is 12.3. The summed E-state index contributed by atoms with van der Waals surface area (Å²) in [5.41, 5.74) is 4.38. The normalized spacial score (nSPS) is 11.0. The molecule has 1 amide bonds. The number of rotatable bonds is 5. The van der Waals surface area contributed by atoms with Crippen molar-refractivity contribution in [2.24, 2.45) is 5.73 Å². The van der Waals surface area contributed by atoms with Gasteiger partial charge in [0.25, 0.3) is 15.9 Å². The Morgan fingerprint density at radius 3 is 2.30 bits per heavy atom. The van der Waals surface area contributed by atoms with E-state index in [-0.39, 0.29) is 11.3 Å². The molecule has 0 radical (unpaired) electrons. The number of benzene rings is 2. The lowest BCUT2D eigenvalue weighted by Gasteiger charge is -2.11. The van der Waals surface area contributed by atoms with Crippen molar-refractivity contribution in [2.45, 2.75) is 4.90 Å². The minimum absolute atomic E-state index is 0.0568. The molecule has 120 valence electrons. The van der Waals surface area contributed by atoms with Crippen molar-refractivity contribution in [1.82, 2.24) is 0 Å². The number of anilines is 1. The zero-order chi connectivity index (χ0) is 17.2. The van der Waals surface area contributed by atoms with Gasteiger partial charge in [0.1, 0.15) is 5.82 Å². The minimum Gasteiger partial charge on any atom is -0.478 e. The summed E-state index contributed by atoms with van der Waals surface area (Å²) in [4.78, 5) is 21.5. The van der Waals surface area contributed by atoms with Crippen LogP contribution in [0, 0.1) is 5.82 Å². The number of nitrogens with one attached hydrogen (secondary N) is 1. The predicted molar refractivity (Wildman–Crippen MR) is 79.1 cm³/mol. The number of carboxylic acids is 1. The Bertz CT molecular complexity index is 896. The second kappa shape index (κ2) is 6.05. The third-order valence-corrected chi connectivity index (χ3v) is 4.28. The number of halogens is 1. The molecule has 0 aliphatic heterocycles. The van der Waals surface area contributed by atoms with E-state index in [4.69, 9.17) is 10.8 Å². The average molecular weight is 338 g/mol. The molecule has 0 aliphatic carbocycles. The van der Waals surface area contributed by atoms with Crippen molar-refractivity contribution < 1.29 is 27.5 Å². The van der Waals surface area contributed by atoms with Crippen LogP contribution in [0.3, 0.4) is 0 Å². The van der Waals surface area contributed by atoms with E-state index >= 15 is 0 Å². The number of para-hydroxylation sites is 1. The van der Waals surface area contributed by atoms with Crippen LogP contribution in [0.2, 0.25) is 0 Å². The highest BCUT2D eigenvalue weighted by Gasteiger charge is 2.20. The highest BCUT2D eigenvalue weighted by molar-refractivity contribution is 7.92. The third-order valence-electron chi connectivity index (χ3n) is 2.92. The topological polar surface area (TPSA) is 127 Å². The van der Waals surface area contributed by atoms with Gasteiger partial charge in [-0.15, -0.1) is 0 Å². The summed E-state index contributed by atoms with van der Waals surface area (Å²) in [6.07, 6.45) is 0. The van der Waals surface area contributed by atoms with Gasteiger partial charge >= 0.3 is 5.97 Å². The molecule has 0 saturated carbocycles. The molecule has 2 rings (SSSR count). The van der Waals surface area contributed by atoms with Crippen molar-refractivity contribution in [3.8, 4) is 0 Å². The first kappa shape index (κ1) is 16.4. The molecule has 0 atom stereocenters. The fourth-order valence-corrected chi connectivity index (χ4v) is 2.92. The molecular weight excluding hydrogens is 327 g/mol. The summed E-state index contributed by atoms with van der Waals surface area (Å²) < 4.78 is 40.2. The van der Waals surface area contributed by atoms with Gasteiger partial charge in [0.05, 0.1) is 21.7 Å². The first-order valence-electron chi connectivity index (χ1n) is 6.17. The lowest BCUT2D eigenvalue weighted by atomic mass is 10.2. The Morgan fingerprint density at radius 1 is 1.09 bits per heavy atom. The number of sulfonamides is 1. The molecule has 0 unspecified atom stereocenters. The van der Waals surface area contributed by atoms with Gasteiger partial charge in [-0.05, 0) is 30.3 Å². The van der Waals surface area contributed by atoms with Crippen LogP contribution in [-0.4, -0.2) is 25.4 Å².